The summed E-state index contributed by atoms with van der Waals surface area (Å²) in [6, 6.07) is 31.3. The second kappa shape index (κ2) is 9.55. The molecule has 0 saturated carbocycles. The second-order valence-electron chi connectivity index (χ2n) is 7.76. The molecule has 5 heteroatoms. The van der Waals surface area contributed by atoms with Gasteiger partial charge in [-0.15, -0.1) is 0 Å². The highest BCUT2D eigenvalue weighted by molar-refractivity contribution is 6.13. The van der Waals surface area contributed by atoms with Gasteiger partial charge in [0.05, 0.1) is 0 Å². The van der Waals surface area contributed by atoms with Crippen LogP contribution in [0.15, 0.2) is 114 Å². The van der Waals surface area contributed by atoms with Gasteiger partial charge in [0, 0.05) is 5.56 Å². The number of aliphatic imine (C=N–C) groups is 1. The Labute approximate surface area is 196 Å². The normalized spacial score (nSPS) is 14.1. The quantitative estimate of drug-likeness (QED) is 0.252. The van der Waals surface area contributed by atoms with E-state index in [9.17, 15) is 9.18 Å². The van der Waals surface area contributed by atoms with E-state index in [1.807, 2.05) is 78.9 Å². The summed E-state index contributed by atoms with van der Waals surface area (Å²) < 4.78 is 24.1. The Kier molecular flexibility index (Phi) is 5.99. The maximum absolute atomic E-state index is 13.0. The summed E-state index contributed by atoms with van der Waals surface area (Å²) in [4.78, 5) is 16.7. The van der Waals surface area contributed by atoms with E-state index in [-0.39, 0.29) is 17.4 Å². The van der Waals surface area contributed by atoms with Crippen LogP contribution >= 0.6 is 0 Å². The number of carbonyl (C=O) groups excluding carboxylic acids is 1. The van der Waals surface area contributed by atoms with Crippen LogP contribution in [-0.4, -0.2) is 11.9 Å². The lowest BCUT2D eigenvalue weighted by atomic mass is 10.0. The highest BCUT2D eigenvalue weighted by Crippen LogP contribution is 2.24. The van der Waals surface area contributed by atoms with Gasteiger partial charge in [0.25, 0.3) is 0 Å². The van der Waals surface area contributed by atoms with Crippen molar-refractivity contribution in [1.29, 1.82) is 0 Å². The molecule has 0 spiro atoms. The van der Waals surface area contributed by atoms with Gasteiger partial charge >= 0.3 is 5.97 Å². The van der Waals surface area contributed by atoms with E-state index in [1.54, 1.807) is 18.2 Å². The van der Waals surface area contributed by atoms with E-state index in [1.165, 1.54) is 12.1 Å². The molecular formula is C29H20FNO3. The molecule has 0 atom stereocenters. The van der Waals surface area contributed by atoms with Crippen LogP contribution < -0.4 is 4.74 Å². The summed E-state index contributed by atoms with van der Waals surface area (Å²) in [6.45, 7) is 0.337. The SMILES string of the molecule is O=C1OC(c2ccc(-c3ccccc3)cc2)=N/C1=C\c1ccc(OCc2ccc(F)cc2)cc1. The first kappa shape index (κ1) is 21.3. The maximum atomic E-state index is 13.0. The summed E-state index contributed by atoms with van der Waals surface area (Å²) in [7, 11) is 0. The first-order chi connectivity index (χ1) is 16.6. The third-order valence-corrected chi connectivity index (χ3v) is 5.36. The zero-order valence-electron chi connectivity index (χ0n) is 18.1. The fourth-order valence-corrected chi connectivity index (χ4v) is 3.53. The van der Waals surface area contributed by atoms with Gasteiger partial charge in [-0.2, -0.15) is 0 Å². The number of esters is 1. The number of ether oxygens (including phenoxy) is 2. The molecule has 0 unspecified atom stereocenters. The largest absolute Gasteiger partial charge is 0.489 e. The van der Waals surface area contributed by atoms with E-state index in [4.69, 9.17) is 9.47 Å². The van der Waals surface area contributed by atoms with Crippen molar-refractivity contribution >= 4 is 17.9 Å². The average Bonchev–Trinajstić information content (AvgIpc) is 3.25. The van der Waals surface area contributed by atoms with Crippen LogP contribution in [0.25, 0.3) is 17.2 Å². The molecule has 4 nitrogen and oxygen atoms in total. The van der Waals surface area contributed by atoms with Crippen LogP contribution in [0, 0.1) is 5.82 Å². The number of halogens is 1. The maximum Gasteiger partial charge on any atom is 0.363 e. The molecule has 1 heterocycles. The predicted octanol–water partition coefficient (Wildman–Crippen LogP) is 6.42. The minimum atomic E-state index is -0.487. The van der Waals surface area contributed by atoms with Crippen LogP contribution in [0.3, 0.4) is 0 Å². The molecule has 0 aromatic heterocycles. The van der Waals surface area contributed by atoms with Crippen molar-refractivity contribution in [3.63, 3.8) is 0 Å². The molecule has 0 radical (unpaired) electrons. The number of hydrogen-bond acceptors (Lipinski definition) is 4. The van der Waals surface area contributed by atoms with E-state index < -0.39 is 5.97 Å². The van der Waals surface area contributed by atoms with Crippen LogP contribution in [0.1, 0.15) is 16.7 Å². The number of benzene rings is 4. The van der Waals surface area contributed by atoms with Gasteiger partial charge in [0.2, 0.25) is 5.90 Å². The smallest absolute Gasteiger partial charge is 0.363 e. The number of hydrogen-bond donors (Lipinski definition) is 0. The predicted molar refractivity (Wildman–Crippen MR) is 130 cm³/mol. The Bertz CT molecular complexity index is 1360. The van der Waals surface area contributed by atoms with Gasteiger partial charge in [-0.3, -0.25) is 0 Å². The zero-order chi connectivity index (χ0) is 23.3. The van der Waals surface area contributed by atoms with E-state index >= 15 is 0 Å². The van der Waals surface area contributed by atoms with Crippen LogP contribution in [0.2, 0.25) is 0 Å². The molecule has 4 aromatic rings. The number of rotatable bonds is 6. The molecule has 0 aliphatic carbocycles. The van der Waals surface area contributed by atoms with Crippen molar-refractivity contribution in [2.24, 2.45) is 4.99 Å². The van der Waals surface area contributed by atoms with Crippen molar-refractivity contribution in [2.75, 3.05) is 0 Å². The molecule has 0 N–H and O–H groups in total. The number of carbonyl (C=O) groups is 1. The standard InChI is InChI=1S/C29H20FNO3/c30-25-14-6-21(7-15-25)19-33-26-16-8-20(9-17-26)18-27-29(32)34-28(31-27)24-12-10-23(11-13-24)22-4-2-1-3-5-22/h1-18H,19H2/b27-18-. The van der Waals surface area contributed by atoms with Crippen molar-refractivity contribution in [2.45, 2.75) is 6.61 Å². The third kappa shape index (κ3) is 4.94. The molecular weight excluding hydrogens is 429 g/mol. The lowest BCUT2D eigenvalue weighted by Crippen LogP contribution is -2.05. The molecule has 1 aliphatic rings. The summed E-state index contributed by atoms with van der Waals surface area (Å²) in [5, 5.41) is 0. The lowest BCUT2D eigenvalue weighted by molar-refractivity contribution is -0.129. The summed E-state index contributed by atoms with van der Waals surface area (Å²) >= 11 is 0. The van der Waals surface area contributed by atoms with Crippen LogP contribution in [0.4, 0.5) is 4.39 Å². The van der Waals surface area contributed by atoms with Gasteiger partial charge in [-0.25, -0.2) is 14.2 Å². The Hall–Kier alpha value is -4.51. The van der Waals surface area contributed by atoms with E-state index in [0.717, 1.165) is 27.8 Å². The molecule has 1 aliphatic heterocycles. The van der Waals surface area contributed by atoms with Crippen molar-refractivity contribution < 1.29 is 18.7 Å². The zero-order valence-corrected chi connectivity index (χ0v) is 18.1. The topological polar surface area (TPSA) is 47.9 Å². The highest BCUT2D eigenvalue weighted by atomic mass is 19.1. The minimum Gasteiger partial charge on any atom is -0.489 e. The van der Waals surface area contributed by atoms with Gasteiger partial charge in [-0.1, -0.05) is 66.7 Å². The number of nitrogens with zero attached hydrogens (tertiary/aromatic N) is 1. The summed E-state index contributed by atoms with van der Waals surface area (Å²) in [6.07, 6.45) is 1.68. The van der Waals surface area contributed by atoms with Gasteiger partial charge < -0.3 is 9.47 Å². The molecule has 0 fully saturated rings. The van der Waals surface area contributed by atoms with Gasteiger partial charge in [0.15, 0.2) is 5.70 Å². The lowest BCUT2D eigenvalue weighted by Gasteiger charge is -2.06. The Morgan fingerprint density at radius 1 is 0.765 bits per heavy atom. The van der Waals surface area contributed by atoms with Crippen LogP contribution in [-0.2, 0) is 16.1 Å². The Balaban J connectivity index is 1.26. The summed E-state index contributed by atoms with van der Waals surface area (Å²) in [5.74, 6) is 0.193. The molecule has 0 amide bonds. The number of cyclic esters (lactones) is 1. The van der Waals surface area contributed by atoms with Crippen molar-refractivity contribution in [1.82, 2.24) is 0 Å². The highest BCUT2D eigenvalue weighted by Gasteiger charge is 2.24. The molecule has 34 heavy (non-hydrogen) atoms. The van der Waals surface area contributed by atoms with Gasteiger partial charge in [-0.05, 0) is 64.7 Å². The third-order valence-electron chi connectivity index (χ3n) is 5.36. The molecule has 0 bridgehead atoms. The van der Waals surface area contributed by atoms with E-state index in [2.05, 4.69) is 4.99 Å². The Morgan fingerprint density at radius 3 is 2.12 bits per heavy atom. The fraction of sp³-hybridized carbons (Fsp3) is 0.0345. The first-order valence-electron chi connectivity index (χ1n) is 10.8. The monoisotopic (exact) mass is 449 g/mol. The molecule has 4 aromatic carbocycles. The molecule has 166 valence electrons. The first-order valence-corrected chi connectivity index (χ1v) is 10.8. The Morgan fingerprint density at radius 2 is 1.41 bits per heavy atom. The van der Waals surface area contributed by atoms with Gasteiger partial charge in [0.1, 0.15) is 18.2 Å². The molecule has 5 rings (SSSR count). The van der Waals surface area contributed by atoms with Crippen molar-refractivity contribution in [3.8, 4) is 16.9 Å². The second-order valence-corrected chi connectivity index (χ2v) is 7.76. The minimum absolute atomic E-state index is 0.238. The summed E-state index contributed by atoms with van der Waals surface area (Å²) in [5.41, 5.74) is 4.84. The van der Waals surface area contributed by atoms with E-state index in [0.29, 0.717) is 12.4 Å². The van der Waals surface area contributed by atoms with Crippen molar-refractivity contribution in [3.05, 3.63) is 131 Å². The fourth-order valence-electron chi connectivity index (χ4n) is 3.53. The van der Waals surface area contributed by atoms with Crippen LogP contribution in [0.5, 0.6) is 5.75 Å². The molecule has 0 saturated heterocycles. The average molecular weight is 449 g/mol.